The van der Waals surface area contributed by atoms with Gasteiger partial charge in [0.25, 0.3) is 0 Å². The van der Waals surface area contributed by atoms with Crippen LogP contribution in [0, 0.1) is 5.92 Å². The van der Waals surface area contributed by atoms with Crippen LogP contribution in [0.3, 0.4) is 0 Å². The number of methoxy groups -OCH3 is 2. The molecule has 0 saturated carbocycles. The zero-order valence-electron chi connectivity index (χ0n) is 11.8. The van der Waals surface area contributed by atoms with Gasteiger partial charge in [-0.1, -0.05) is 25.5 Å². The van der Waals surface area contributed by atoms with E-state index in [1.54, 1.807) is 7.11 Å². The number of ether oxygens (including phenoxy) is 2. The van der Waals surface area contributed by atoms with Crippen LogP contribution in [0.25, 0.3) is 0 Å². The van der Waals surface area contributed by atoms with Crippen molar-refractivity contribution in [3.63, 3.8) is 0 Å². The van der Waals surface area contributed by atoms with Crippen LogP contribution >= 0.6 is 0 Å². The highest BCUT2D eigenvalue weighted by Crippen LogP contribution is 2.19. The Morgan fingerprint density at radius 2 is 2.00 bits per heavy atom. The Morgan fingerprint density at radius 3 is 2.53 bits per heavy atom. The van der Waals surface area contributed by atoms with Crippen molar-refractivity contribution in [1.29, 1.82) is 0 Å². The van der Waals surface area contributed by atoms with Crippen molar-refractivity contribution in [2.24, 2.45) is 5.92 Å². The van der Waals surface area contributed by atoms with E-state index < -0.39 is 0 Å². The Morgan fingerprint density at radius 1 is 1.35 bits per heavy atom. The molecule has 1 atom stereocenters. The first kappa shape index (κ1) is 16.2. The maximum atomic E-state index is 10.9. The van der Waals surface area contributed by atoms with Gasteiger partial charge in [-0.3, -0.25) is 4.79 Å². The molecule has 0 radical (unpaired) electrons. The third kappa shape index (κ3) is 8.93. The molecule has 100 valence electrons. The van der Waals surface area contributed by atoms with Crippen LogP contribution in [0.4, 0.5) is 0 Å². The summed E-state index contributed by atoms with van der Waals surface area (Å²) >= 11 is 0. The first-order valence-corrected chi connectivity index (χ1v) is 6.20. The predicted molar refractivity (Wildman–Crippen MR) is 69.9 cm³/mol. The Bertz CT molecular complexity index is 244. The van der Waals surface area contributed by atoms with E-state index in [0.717, 1.165) is 19.3 Å². The summed E-state index contributed by atoms with van der Waals surface area (Å²) in [6.07, 6.45) is 7.63. The van der Waals surface area contributed by atoms with Crippen molar-refractivity contribution in [3.05, 3.63) is 12.2 Å². The van der Waals surface area contributed by atoms with E-state index in [1.807, 2.05) is 6.08 Å². The van der Waals surface area contributed by atoms with Crippen LogP contribution in [-0.4, -0.2) is 25.8 Å². The summed E-state index contributed by atoms with van der Waals surface area (Å²) in [4.78, 5) is 10.9. The summed E-state index contributed by atoms with van der Waals surface area (Å²) in [5.41, 5.74) is -0.0323. The maximum Gasteiger partial charge on any atom is 0.309 e. The van der Waals surface area contributed by atoms with Gasteiger partial charge in [-0.05, 0) is 32.6 Å². The SMILES string of the molecule is COC(=O)CC=CC(C)CCCC(C)(C)OC. The lowest BCUT2D eigenvalue weighted by Gasteiger charge is -2.23. The van der Waals surface area contributed by atoms with Gasteiger partial charge < -0.3 is 9.47 Å². The average Bonchev–Trinajstić information content (AvgIpc) is 2.28. The molecule has 3 nitrogen and oxygen atoms in total. The summed E-state index contributed by atoms with van der Waals surface area (Å²) < 4.78 is 9.93. The van der Waals surface area contributed by atoms with Gasteiger partial charge in [-0.15, -0.1) is 0 Å². The third-order valence-electron chi connectivity index (χ3n) is 2.97. The molecule has 3 heteroatoms. The van der Waals surface area contributed by atoms with Crippen LogP contribution < -0.4 is 0 Å². The van der Waals surface area contributed by atoms with E-state index in [2.05, 4.69) is 31.6 Å². The molecule has 0 saturated heterocycles. The molecule has 0 heterocycles. The van der Waals surface area contributed by atoms with Crippen molar-refractivity contribution in [3.8, 4) is 0 Å². The van der Waals surface area contributed by atoms with E-state index in [0.29, 0.717) is 12.3 Å². The number of allylic oxidation sites excluding steroid dienone is 1. The molecule has 0 aromatic heterocycles. The normalized spacial score (nSPS) is 13.9. The lowest BCUT2D eigenvalue weighted by atomic mass is 9.96. The van der Waals surface area contributed by atoms with E-state index >= 15 is 0 Å². The van der Waals surface area contributed by atoms with Crippen LogP contribution in [0.15, 0.2) is 12.2 Å². The first-order chi connectivity index (χ1) is 7.91. The molecule has 0 aliphatic heterocycles. The monoisotopic (exact) mass is 242 g/mol. The molecule has 0 N–H and O–H groups in total. The first-order valence-electron chi connectivity index (χ1n) is 6.20. The van der Waals surface area contributed by atoms with Gasteiger partial charge in [-0.25, -0.2) is 0 Å². The number of hydrogen-bond donors (Lipinski definition) is 0. The second-order valence-corrected chi connectivity index (χ2v) is 5.04. The summed E-state index contributed by atoms with van der Waals surface area (Å²) in [5, 5.41) is 0. The summed E-state index contributed by atoms with van der Waals surface area (Å²) in [5.74, 6) is 0.307. The number of rotatable bonds is 8. The zero-order valence-corrected chi connectivity index (χ0v) is 11.8. The van der Waals surface area contributed by atoms with Crippen LogP contribution in [0.2, 0.25) is 0 Å². The van der Waals surface area contributed by atoms with Crippen molar-refractivity contribution >= 4 is 5.97 Å². The second kappa shape index (κ2) is 8.29. The molecule has 0 rings (SSSR count). The Kier molecular flexibility index (Phi) is 7.88. The molecular formula is C14H26O3. The van der Waals surface area contributed by atoms with Gasteiger partial charge >= 0.3 is 5.97 Å². The molecule has 0 fully saturated rings. The van der Waals surface area contributed by atoms with Gasteiger partial charge in [-0.2, -0.15) is 0 Å². The predicted octanol–water partition coefficient (Wildman–Crippen LogP) is 3.34. The summed E-state index contributed by atoms with van der Waals surface area (Å²) in [6, 6.07) is 0. The fraction of sp³-hybridized carbons (Fsp3) is 0.786. The molecular weight excluding hydrogens is 216 g/mol. The molecule has 17 heavy (non-hydrogen) atoms. The van der Waals surface area contributed by atoms with Crippen LogP contribution in [0.5, 0.6) is 0 Å². The number of hydrogen-bond acceptors (Lipinski definition) is 3. The van der Waals surface area contributed by atoms with Crippen molar-refractivity contribution in [2.75, 3.05) is 14.2 Å². The van der Waals surface area contributed by atoms with E-state index in [9.17, 15) is 4.79 Å². The average molecular weight is 242 g/mol. The zero-order chi connectivity index (χ0) is 13.3. The van der Waals surface area contributed by atoms with E-state index in [1.165, 1.54) is 7.11 Å². The topological polar surface area (TPSA) is 35.5 Å². The largest absolute Gasteiger partial charge is 0.469 e. The van der Waals surface area contributed by atoms with Crippen LogP contribution in [0.1, 0.15) is 46.5 Å². The number of carbonyl (C=O) groups excluding carboxylic acids is 1. The molecule has 0 spiro atoms. The maximum absolute atomic E-state index is 10.9. The summed E-state index contributed by atoms with van der Waals surface area (Å²) in [7, 11) is 3.16. The van der Waals surface area contributed by atoms with Crippen molar-refractivity contribution < 1.29 is 14.3 Å². The summed E-state index contributed by atoms with van der Waals surface area (Å²) in [6.45, 7) is 6.36. The fourth-order valence-electron chi connectivity index (χ4n) is 1.53. The van der Waals surface area contributed by atoms with Gasteiger partial charge in [0.15, 0.2) is 0 Å². The number of esters is 1. The molecule has 0 bridgehead atoms. The van der Waals surface area contributed by atoms with Crippen LogP contribution in [-0.2, 0) is 14.3 Å². The minimum atomic E-state index is -0.186. The van der Waals surface area contributed by atoms with Gasteiger partial charge in [0.2, 0.25) is 0 Å². The standard InChI is InChI=1S/C14H26O3/c1-12(8-6-10-13(15)16-4)9-7-11-14(2,3)17-5/h6,8,12H,7,9-11H2,1-5H3. The lowest BCUT2D eigenvalue weighted by Crippen LogP contribution is -2.22. The van der Waals surface area contributed by atoms with E-state index in [4.69, 9.17) is 4.74 Å². The van der Waals surface area contributed by atoms with Crippen molar-refractivity contribution in [1.82, 2.24) is 0 Å². The quantitative estimate of drug-likeness (QED) is 0.484. The highest BCUT2D eigenvalue weighted by molar-refractivity contribution is 5.70. The Hall–Kier alpha value is -0.830. The van der Waals surface area contributed by atoms with E-state index in [-0.39, 0.29) is 11.6 Å². The number of carbonyl (C=O) groups is 1. The minimum absolute atomic E-state index is 0.0323. The second-order valence-electron chi connectivity index (χ2n) is 5.04. The molecule has 0 aromatic rings. The Labute approximate surface area is 105 Å². The molecule has 0 amide bonds. The highest BCUT2D eigenvalue weighted by Gasteiger charge is 2.15. The molecule has 0 aliphatic rings. The smallest absolute Gasteiger partial charge is 0.309 e. The molecule has 0 aromatic carbocycles. The third-order valence-corrected chi connectivity index (χ3v) is 2.97. The van der Waals surface area contributed by atoms with Crippen molar-refractivity contribution in [2.45, 2.75) is 52.1 Å². The van der Waals surface area contributed by atoms with Gasteiger partial charge in [0.1, 0.15) is 0 Å². The van der Waals surface area contributed by atoms with Gasteiger partial charge in [0.05, 0.1) is 19.1 Å². The highest BCUT2D eigenvalue weighted by atomic mass is 16.5. The molecule has 0 aliphatic carbocycles. The van der Waals surface area contributed by atoms with Gasteiger partial charge in [0, 0.05) is 7.11 Å². The lowest BCUT2D eigenvalue weighted by molar-refractivity contribution is -0.139. The fourth-order valence-corrected chi connectivity index (χ4v) is 1.53. The molecule has 1 unspecified atom stereocenters. The minimum Gasteiger partial charge on any atom is -0.469 e. The Balaban J connectivity index is 3.73.